The van der Waals surface area contributed by atoms with Crippen molar-refractivity contribution in [3.63, 3.8) is 0 Å². The van der Waals surface area contributed by atoms with Gasteiger partial charge < -0.3 is 14.4 Å². The fourth-order valence-corrected chi connectivity index (χ4v) is 4.90. The molecule has 1 aliphatic carbocycles. The molecule has 3 heterocycles. The van der Waals surface area contributed by atoms with E-state index >= 15 is 0 Å². The van der Waals surface area contributed by atoms with Crippen LogP contribution in [0.2, 0.25) is 0 Å². The lowest BCUT2D eigenvalue weighted by atomic mass is 9.83. The van der Waals surface area contributed by atoms with E-state index in [1.165, 1.54) is 18.4 Å². The minimum atomic E-state index is -0.817. The molecule has 1 spiro atoms. The molecular weight excluding hydrogens is 378 g/mol. The number of hydrogen-bond acceptors (Lipinski definition) is 5. The first-order valence-corrected chi connectivity index (χ1v) is 10.9. The van der Waals surface area contributed by atoms with Crippen LogP contribution in [0.25, 0.3) is 0 Å². The number of amides is 1. The van der Waals surface area contributed by atoms with Crippen LogP contribution in [0, 0.1) is 5.92 Å². The van der Waals surface area contributed by atoms with Crippen LogP contribution in [0.15, 0.2) is 48.8 Å². The summed E-state index contributed by atoms with van der Waals surface area (Å²) in [7, 11) is 1.68. The number of methoxy groups -OCH3 is 1. The predicted octanol–water partition coefficient (Wildman–Crippen LogP) is 2.70. The molecule has 6 nitrogen and oxygen atoms in total. The van der Waals surface area contributed by atoms with E-state index in [4.69, 9.17) is 9.47 Å². The number of hydrogen-bond donors (Lipinski definition) is 0. The smallest absolute Gasteiger partial charge is 0.256 e. The summed E-state index contributed by atoms with van der Waals surface area (Å²) in [5, 5.41) is 0. The Kier molecular flexibility index (Phi) is 5.21. The largest absolute Gasteiger partial charge is 0.497 e. The van der Waals surface area contributed by atoms with Crippen molar-refractivity contribution in [1.29, 1.82) is 0 Å². The molecule has 1 aromatic carbocycles. The Morgan fingerprint density at radius 3 is 2.77 bits per heavy atom. The zero-order valence-electron chi connectivity index (χ0n) is 17.5. The number of nitrogens with zero attached hydrogens (tertiary/aromatic N) is 3. The van der Waals surface area contributed by atoms with Gasteiger partial charge in [-0.25, -0.2) is 0 Å². The highest BCUT2D eigenvalue weighted by atomic mass is 16.5. The van der Waals surface area contributed by atoms with Crippen LogP contribution < -0.4 is 4.74 Å². The minimum absolute atomic E-state index is 0.0149. The van der Waals surface area contributed by atoms with Crippen LogP contribution in [0.4, 0.5) is 0 Å². The average Bonchev–Trinajstić information content (AvgIpc) is 3.53. The third-order valence-electron chi connectivity index (χ3n) is 6.66. The highest BCUT2D eigenvalue weighted by molar-refractivity contribution is 5.88. The highest BCUT2D eigenvalue weighted by Crippen LogP contribution is 2.43. The summed E-state index contributed by atoms with van der Waals surface area (Å²) in [6, 6.07) is 12.2. The lowest BCUT2D eigenvalue weighted by Gasteiger charge is -2.42. The summed E-state index contributed by atoms with van der Waals surface area (Å²) < 4.78 is 11.6. The van der Waals surface area contributed by atoms with Gasteiger partial charge in [-0.2, -0.15) is 0 Å². The van der Waals surface area contributed by atoms with Crippen LogP contribution >= 0.6 is 0 Å². The van der Waals surface area contributed by atoms with Gasteiger partial charge in [0.05, 0.1) is 13.7 Å². The molecule has 2 aromatic rings. The zero-order chi connectivity index (χ0) is 20.6. The van der Waals surface area contributed by atoms with Gasteiger partial charge in [-0.1, -0.05) is 18.2 Å². The molecule has 0 radical (unpaired) electrons. The molecule has 6 heteroatoms. The van der Waals surface area contributed by atoms with Crippen LogP contribution in [0.5, 0.6) is 5.75 Å². The second-order valence-corrected chi connectivity index (χ2v) is 8.79. The minimum Gasteiger partial charge on any atom is -0.497 e. The maximum absolute atomic E-state index is 13.7. The number of likely N-dealkylation sites (tertiary alicyclic amines) is 1. The van der Waals surface area contributed by atoms with Gasteiger partial charge in [0, 0.05) is 51.0 Å². The molecule has 3 fully saturated rings. The summed E-state index contributed by atoms with van der Waals surface area (Å²) in [5.41, 5.74) is 1.47. The second-order valence-electron chi connectivity index (χ2n) is 8.79. The molecule has 2 saturated heterocycles. The summed E-state index contributed by atoms with van der Waals surface area (Å²) >= 11 is 0. The summed E-state index contributed by atoms with van der Waals surface area (Å²) in [6.07, 6.45) is 6.16. The molecule has 5 rings (SSSR count). The Morgan fingerprint density at radius 2 is 2.07 bits per heavy atom. The SMILES string of the molecule is COc1ccc(CN2C[C@@H](c3cccnc3)[C@]3(C2)OCCN(CC2CC2)C3=O)cc1. The van der Waals surface area contributed by atoms with Gasteiger partial charge in [0.25, 0.3) is 5.91 Å². The van der Waals surface area contributed by atoms with Crippen molar-refractivity contribution in [2.75, 3.05) is 39.9 Å². The Morgan fingerprint density at radius 1 is 1.23 bits per heavy atom. The Balaban J connectivity index is 1.41. The third-order valence-corrected chi connectivity index (χ3v) is 6.66. The van der Waals surface area contributed by atoms with Crippen molar-refractivity contribution in [3.05, 3.63) is 59.9 Å². The molecule has 1 saturated carbocycles. The van der Waals surface area contributed by atoms with Gasteiger partial charge in [0.2, 0.25) is 0 Å². The number of rotatable bonds is 6. The second kappa shape index (κ2) is 8.00. The maximum atomic E-state index is 13.7. The van der Waals surface area contributed by atoms with Crippen molar-refractivity contribution in [3.8, 4) is 5.75 Å². The fraction of sp³-hybridized carbons (Fsp3) is 0.500. The van der Waals surface area contributed by atoms with Crippen LogP contribution in [-0.4, -0.2) is 66.2 Å². The molecule has 1 aromatic heterocycles. The quantitative estimate of drug-likeness (QED) is 0.737. The summed E-state index contributed by atoms with van der Waals surface area (Å²) in [4.78, 5) is 22.4. The van der Waals surface area contributed by atoms with E-state index in [0.29, 0.717) is 25.6 Å². The van der Waals surface area contributed by atoms with Crippen molar-refractivity contribution >= 4 is 5.91 Å². The van der Waals surface area contributed by atoms with E-state index < -0.39 is 5.60 Å². The van der Waals surface area contributed by atoms with Crippen molar-refractivity contribution in [2.45, 2.75) is 30.9 Å². The van der Waals surface area contributed by atoms with Gasteiger partial charge >= 0.3 is 0 Å². The number of carbonyl (C=O) groups is 1. The molecule has 1 amide bonds. The van der Waals surface area contributed by atoms with Gasteiger partial charge in [0.1, 0.15) is 5.75 Å². The monoisotopic (exact) mass is 407 g/mol. The topological polar surface area (TPSA) is 54.9 Å². The first-order valence-electron chi connectivity index (χ1n) is 10.9. The van der Waals surface area contributed by atoms with Crippen molar-refractivity contribution in [2.24, 2.45) is 5.92 Å². The van der Waals surface area contributed by atoms with Gasteiger partial charge in [0.15, 0.2) is 5.60 Å². The number of pyridine rings is 1. The first kappa shape index (κ1) is 19.5. The number of aromatic nitrogens is 1. The van der Waals surface area contributed by atoms with Gasteiger partial charge in [-0.3, -0.25) is 14.7 Å². The van der Waals surface area contributed by atoms with E-state index in [0.717, 1.165) is 30.9 Å². The maximum Gasteiger partial charge on any atom is 0.256 e. The molecule has 0 N–H and O–H groups in total. The van der Waals surface area contributed by atoms with Gasteiger partial charge in [-0.15, -0.1) is 0 Å². The molecular formula is C24H29N3O3. The average molecular weight is 408 g/mol. The molecule has 30 heavy (non-hydrogen) atoms. The number of carbonyl (C=O) groups excluding carboxylic acids is 1. The zero-order valence-corrected chi connectivity index (χ0v) is 17.5. The Hall–Kier alpha value is -2.44. The first-order chi connectivity index (χ1) is 14.7. The van der Waals surface area contributed by atoms with E-state index in [1.807, 2.05) is 24.4 Å². The van der Waals surface area contributed by atoms with Gasteiger partial charge in [-0.05, 0) is 48.1 Å². The van der Waals surface area contributed by atoms with Crippen LogP contribution in [0.3, 0.4) is 0 Å². The lowest BCUT2D eigenvalue weighted by molar-refractivity contribution is -0.172. The highest BCUT2D eigenvalue weighted by Gasteiger charge is 2.57. The standard InChI is InChI=1S/C24H29N3O3/c1-29-21-8-6-18(7-9-21)14-26-16-22(20-3-2-10-25-13-20)24(17-26)23(28)27(11-12-30-24)15-19-4-5-19/h2-3,6-10,13,19,22H,4-5,11-12,14-17H2,1H3/t22-,24-/m0/s1. The third kappa shape index (κ3) is 3.70. The molecule has 0 unspecified atom stereocenters. The van der Waals surface area contributed by atoms with E-state index in [-0.39, 0.29) is 11.8 Å². The van der Waals surface area contributed by atoms with E-state index in [2.05, 4.69) is 33.0 Å². The number of benzene rings is 1. The Bertz CT molecular complexity index is 884. The Labute approximate surface area is 177 Å². The van der Waals surface area contributed by atoms with Crippen LogP contribution in [0.1, 0.15) is 29.9 Å². The van der Waals surface area contributed by atoms with E-state index in [9.17, 15) is 4.79 Å². The molecule has 2 atom stereocenters. The molecule has 2 aliphatic heterocycles. The molecule has 158 valence electrons. The van der Waals surface area contributed by atoms with Crippen molar-refractivity contribution < 1.29 is 14.3 Å². The fourth-order valence-electron chi connectivity index (χ4n) is 4.90. The predicted molar refractivity (Wildman–Crippen MR) is 113 cm³/mol. The summed E-state index contributed by atoms with van der Waals surface area (Å²) in [5.74, 6) is 1.68. The normalized spacial score (nSPS) is 27.0. The molecule has 3 aliphatic rings. The van der Waals surface area contributed by atoms with Crippen LogP contribution in [-0.2, 0) is 16.1 Å². The van der Waals surface area contributed by atoms with Crippen molar-refractivity contribution in [1.82, 2.24) is 14.8 Å². The van der Waals surface area contributed by atoms with E-state index in [1.54, 1.807) is 13.3 Å². The summed E-state index contributed by atoms with van der Waals surface area (Å²) in [6.45, 7) is 4.35. The molecule has 0 bridgehead atoms. The number of morpholine rings is 1. The number of ether oxygens (including phenoxy) is 2. The lowest BCUT2D eigenvalue weighted by Crippen LogP contribution is -2.60.